The molecule has 0 fully saturated rings. The van der Waals surface area contributed by atoms with Crippen LogP contribution < -0.4 is 10.1 Å². The number of carbonyl (C=O) groups is 1. The summed E-state index contributed by atoms with van der Waals surface area (Å²) in [6, 6.07) is 17.4. The van der Waals surface area contributed by atoms with Gasteiger partial charge in [-0.2, -0.15) is 0 Å². The van der Waals surface area contributed by atoms with Gasteiger partial charge in [-0.15, -0.1) is 0 Å². The highest BCUT2D eigenvalue weighted by Crippen LogP contribution is 2.22. The standard InChI is InChI=1S/C21H27NO3/c1-3-15-22-16-21(24-2)25-20-12-8-7-11-18(20)19(23)14-13-17-9-5-4-6-10-17/h4-12,21-22H,3,13-16H2,1-2H3. The molecule has 0 saturated heterocycles. The first kappa shape index (κ1) is 19.2. The maximum atomic E-state index is 12.6. The molecule has 0 bridgehead atoms. The molecule has 0 aromatic heterocycles. The minimum absolute atomic E-state index is 0.0795. The molecular formula is C21H27NO3. The van der Waals surface area contributed by atoms with Crippen LogP contribution in [0.3, 0.4) is 0 Å². The van der Waals surface area contributed by atoms with Crippen molar-refractivity contribution in [3.63, 3.8) is 0 Å². The predicted molar refractivity (Wildman–Crippen MR) is 100 cm³/mol. The first-order valence-corrected chi connectivity index (χ1v) is 8.81. The van der Waals surface area contributed by atoms with E-state index < -0.39 is 6.29 Å². The Morgan fingerprint density at radius 1 is 1.08 bits per heavy atom. The van der Waals surface area contributed by atoms with E-state index in [0.29, 0.717) is 24.3 Å². The Balaban J connectivity index is 1.99. The smallest absolute Gasteiger partial charge is 0.212 e. The molecular weight excluding hydrogens is 314 g/mol. The third-order valence-corrected chi connectivity index (χ3v) is 3.93. The van der Waals surface area contributed by atoms with Crippen molar-refractivity contribution in [2.45, 2.75) is 32.5 Å². The van der Waals surface area contributed by atoms with Crippen molar-refractivity contribution < 1.29 is 14.3 Å². The van der Waals surface area contributed by atoms with Crippen LogP contribution in [0.2, 0.25) is 0 Å². The number of rotatable bonds is 11. The molecule has 2 rings (SSSR count). The van der Waals surface area contributed by atoms with E-state index in [9.17, 15) is 4.79 Å². The number of nitrogens with one attached hydrogen (secondary N) is 1. The largest absolute Gasteiger partial charge is 0.463 e. The van der Waals surface area contributed by atoms with Crippen molar-refractivity contribution in [1.82, 2.24) is 5.32 Å². The average molecular weight is 341 g/mol. The van der Waals surface area contributed by atoms with Crippen LogP contribution in [0, 0.1) is 0 Å². The molecule has 0 aliphatic heterocycles. The average Bonchev–Trinajstić information content (AvgIpc) is 2.66. The van der Waals surface area contributed by atoms with Gasteiger partial charge in [0, 0.05) is 13.5 Å². The molecule has 0 amide bonds. The third-order valence-electron chi connectivity index (χ3n) is 3.93. The second-order valence-corrected chi connectivity index (χ2v) is 5.89. The minimum atomic E-state index is -0.422. The number of ketones is 1. The van der Waals surface area contributed by atoms with Crippen LogP contribution in [0.4, 0.5) is 0 Å². The molecule has 25 heavy (non-hydrogen) atoms. The number of aryl methyl sites for hydroxylation is 1. The fraction of sp³-hybridized carbons (Fsp3) is 0.381. The summed E-state index contributed by atoms with van der Waals surface area (Å²) in [5, 5.41) is 3.27. The second-order valence-electron chi connectivity index (χ2n) is 5.89. The van der Waals surface area contributed by atoms with Crippen LogP contribution in [0.15, 0.2) is 54.6 Å². The lowest BCUT2D eigenvalue weighted by Gasteiger charge is -2.19. The zero-order chi connectivity index (χ0) is 17.9. The van der Waals surface area contributed by atoms with Crippen molar-refractivity contribution >= 4 is 5.78 Å². The van der Waals surface area contributed by atoms with Crippen LogP contribution >= 0.6 is 0 Å². The lowest BCUT2D eigenvalue weighted by Crippen LogP contribution is -2.33. The Bertz CT molecular complexity index is 643. The van der Waals surface area contributed by atoms with Crippen LogP contribution in [-0.4, -0.2) is 32.3 Å². The van der Waals surface area contributed by atoms with E-state index >= 15 is 0 Å². The van der Waals surface area contributed by atoms with E-state index in [-0.39, 0.29) is 5.78 Å². The summed E-state index contributed by atoms with van der Waals surface area (Å²) in [5.41, 5.74) is 1.77. The van der Waals surface area contributed by atoms with Crippen LogP contribution in [-0.2, 0) is 11.2 Å². The lowest BCUT2D eigenvalue weighted by atomic mass is 10.0. The summed E-state index contributed by atoms with van der Waals surface area (Å²) in [5.74, 6) is 0.654. The van der Waals surface area contributed by atoms with Gasteiger partial charge >= 0.3 is 0 Å². The van der Waals surface area contributed by atoms with Crippen molar-refractivity contribution in [2.75, 3.05) is 20.2 Å². The molecule has 0 heterocycles. The first-order chi connectivity index (χ1) is 12.2. The molecule has 2 aromatic rings. The SMILES string of the molecule is CCCNCC(OC)Oc1ccccc1C(=O)CCc1ccccc1. The number of Topliss-reactive ketones (excluding diaryl/α,β-unsaturated/α-hetero) is 1. The number of methoxy groups -OCH3 is 1. The zero-order valence-corrected chi connectivity index (χ0v) is 15.0. The third kappa shape index (κ3) is 6.33. The Labute approximate surface area is 150 Å². The van der Waals surface area contributed by atoms with Gasteiger partial charge in [0.1, 0.15) is 5.75 Å². The van der Waals surface area contributed by atoms with E-state index in [1.54, 1.807) is 7.11 Å². The molecule has 1 N–H and O–H groups in total. The number of hydrogen-bond acceptors (Lipinski definition) is 4. The predicted octanol–water partition coefficient (Wildman–Crippen LogP) is 3.85. The van der Waals surface area contributed by atoms with Gasteiger partial charge in [-0.1, -0.05) is 49.4 Å². The van der Waals surface area contributed by atoms with Crippen molar-refractivity contribution in [3.05, 3.63) is 65.7 Å². The van der Waals surface area contributed by atoms with Gasteiger partial charge in [0.25, 0.3) is 0 Å². The Hall–Kier alpha value is -2.17. The minimum Gasteiger partial charge on any atom is -0.463 e. The summed E-state index contributed by atoms with van der Waals surface area (Å²) in [7, 11) is 1.61. The Morgan fingerprint density at radius 3 is 2.52 bits per heavy atom. The number of carbonyl (C=O) groups excluding carboxylic acids is 1. The van der Waals surface area contributed by atoms with Crippen molar-refractivity contribution in [2.24, 2.45) is 0 Å². The van der Waals surface area contributed by atoms with Crippen LogP contribution in [0.1, 0.15) is 35.7 Å². The molecule has 2 aromatic carbocycles. The molecule has 4 heteroatoms. The van der Waals surface area contributed by atoms with Crippen molar-refractivity contribution in [1.29, 1.82) is 0 Å². The number of para-hydroxylation sites is 1. The van der Waals surface area contributed by atoms with E-state index in [1.807, 2.05) is 54.6 Å². The van der Waals surface area contributed by atoms with Gasteiger partial charge in [-0.25, -0.2) is 0 Å². The highest BCUT2D eigenvalue weighted by atomic mass is 16.7. The molecule has 0 aliphatic carbocycles. The maximum absolute atomic E-state index is 12.6. The summed E-state index contributed by atoms with van der Waals surface area (Å²) in [6.07, 6.45) is 1.80. The topological polar surface area (TPSA) is 47.6 Å². The monoisotopic (exact) mass is 341 g/mol. The molecule has 1 atom stereocenters. The molecule has 0 saturated carbocycles. The molecule has 0 radical (unpaired) electrons. The summed E-state index contributed by atoms with van der Waals surface area (Å²) < 4.78 is 11.3. The van der Waals surface area contributed by atoms with Crippen LogP contribution in [0.5, 0.6) is 5.75 Å². The van der Waals surface area contributed by atoms with Gasteiger partial charge in [-0.3, -0.25) is 4.79 Å². The van der Waals surface area contributed by atoms with Gasteiger partial charge < -0.3 is 14.8 Å². The number of benzene rings is 2. The van der Waals surface area contributed by atoms with Gasteiger partial charge in [0.05, 0.1) is 12.1 Å². The van der Waals surface area contributed by atoms with E-state index in [4.69, 9.17) is 9.47 Å². The first-order valence-electron chi connectivity index (χ1n) is 8.81. The maximum Gasteiger partial charge on any atom is 0.212 e. The highest BCUT2D eigenvalue weighted by molar-refractivity contribution is 5.98. The summed E-state index contributed by atoms with van der Waals surface area (Å²) in [4.78, 5) is 12.6. The fourth-order valence-electron chi connectivity index (χ4n) is 2.55. The fourth-order valence-corrected chi connectivity index (χ4v) is 2.55. The lowest BCUT2D eigenvalue weighted by molar-refractivity contribution is -0.0510. The van der Waals surface area contributed by atoms with Crippen LogP contribution in [0.25, 0.3) is 0 Å². The Morgan fingerprint density at radius 2 is 1.80 bits per heavy atom. The van der Waals surface area contributed by atoms with E-state index in [2.05, 4.69) is 12.2 Å². The van der Waals surface area contributed by atoms with Crippen molar-refractivity contribution in [3.8, 4) is 5.75 Å². The summed E-state index contributed by atoms with van der Waals surface area (Å²) in [6.45, 7) is 3.59. The van der Waals surface area contributed by atoms with Gasteiger partial charge in [-0.05, 0) is 37.1 Å². The molecule has 0 aliphatic rings. The quantitative estimate of drug-likeness (QED) is 0.383. The summed E-state index contributed by atoms with van der Waals surface area (Å²) >= 11 is 0. The van der Waals surface area contributed by atoms with E-state index in [0.717, 1.165) is 24.9 Å². The second kappa shape index (κ2) is 10.6. The Kier molecular flexibility index (Phi) is 8.16. The van der Waals surface area contributed by atoms with Gasteiger partial charge in [0.2, 0.25) is 6.29 Å². The molecule has 1 unspecified atom stereocenters. The van der Waals surface area contributed by atoms with Gasteiger partial charge in [0.15, 0.2) is 5.78 Å². The number of ether oxygens (including phenoxy) is 2. The normalized spacial score (nSPS) is 11.9. The zero-order valence-electron chi connectivity index (χ0n) is 15.0. The highest BCUT2D eigenvalue weighted by Gasteiger charge is 2.16. The van der Waals surface area contributed by atoms with E-state index in [1.165, 1.54) is 0 Å². The molecule has 134 valence electrons. The number of hydrogen-bond donors (Lipinski definition) is 1. The molecule has 4 nitrogen and oxygen atoms in total. The molecule has 0 spiro atoms.